The lowest BCUT2D eigenvalue weighted by molar-refractivity contribution is -0.286. The van der Waals surface area contributed by atoms with E-state index in [0.717, 1.165) is 0 Å². The number of carbonyl (C=O) groups excluding carboxylic acids is 3. The molecule has 0 amide bonds. The van der Waals surface area contributed by atoms with Crippen molar-refractivity contribution in [3.63, 3.8) is 0 Å². The first-order valence-electron chi connectivity index (χ1n) is 9.35. The van der Waals surface area contributed by atoms with Gasteiger partial charge in [0.25, 0.3) is 0 Å². The first kappa shape index (κ1) is 22.1. The Hall–Kier alpha value is -3.55. The number of Topliss-reactive ketones (excluding diaryl/α,β-unsaturated/α-hetero) is 3. The lowest BCUT2D eigenvalue weighted by Crippen LogP contribution is -2.25. The van der Waals surface area contributed by atoms with Crippen molar-refractivity contribution in [1.82, 2.24) is 0 Å². The Balaban J connectivity index is 2.25. The molecule has 162 valence electrons. The fraction of sp³-hybridized carbons (Fsp3) is 0.261. The van der Waals surface area contributed by atoms with Gasteiger partial charge in [0.05, 0.1) is 19.1 Å². The second kappa shape index (κ2) is 8.29. The van der Waals surface area contributed by atoms with Crippen LogP contribution in [0.15, 0.2) is 36.4 Å². The standard InChI is InChI=1S/C23H20F2O6/c1-12-5-6-15(14(3)27)10-17(12)21(18(28)9-13(2)26)22(29-4)16-7-8-19-20(11-16)31-23(24,25)30-19/h5-8,10-11H,9H2,1-4H3/b22-21-. The van der Waals surface area contributed by atoms with E-state index >= 15 is 0 Å². The summed E-state index contributed by atoms with van der Waals surface area (Å²) in [6, 6.07) is 8.83. The van der Waals surface area contributed by atoms with E-state index in [1.54, 1.807) is 25.1 Å². The van der Waals surface area contributed by atoms with Gasteiger partial charge in [0.2, 0.25) is 0 Å². The van der Waals surface area contributed by atoms with E-state index in [0.29, 0.717) is 16.7 Å². The van der Waals surface area contributed by atoms with Crippen molar-refractivity contribution >= 4 is 28.7 Å². The first-order valence-corrected chi connectivity index (χ1v) is 9.35. The van der Waals surface area contributed by atoms with Crippen molar-refractivity contribution in [3.8, 4) is 11.5 Å². The molecule has 31 heavy (non-hydrogen) atoms. The van der Waals surface area contributed by atoms with E-state index in [4.69, 9.17) is 4.74 Å². The summed E-state index contributed by atoms with van der Waals surface area (Å²) in [6.45, 7) is 4.42. The normalized spacial score (nSPS) is 14.6. The minimum Gasteiger partial charge on any atom is -0.495 e. The van der Waals surface area contributed by atoms with Gasteiger partial charge in [-0.05, 0) is 56.2 Å². The third kappa shape index (κ3) is 4.63. The van der Waals surface area contributed by atoms with Crippen molar-refractivity contribution in [2.75, 3.05) is 7.11 Å². The maximum atomic E-state index is 13.4. The summed E-state index contributed by atoms with van der Waals surface area (Å²) in [4.78, 5) is 36.6. The van der Waals surface area contributed by atoms with Crippen LogP contribution in [0.3, 0.4) is 0 Å². The van der Waals surface area contributed by atoms with Crippen molar-refractivity contribution < 1.29 is 37.4 Å². The maximum Gasteiger partial charge on any atom is 0.586 e. The highest BCUT2D eigenvalue weighted by Crippen LogP contribution is 2.43. The van der Waals surface area contributed by atoms with Gasteiger partial charge in [0.15, 0.2) is 23.1 Å². The van der Waals surface area contributed by atoms with Gasteiger partial charge < -0.3 is 14.2 Å². The maximum absolute atomic E-state index is 13.4. The van der Waals surface area contributed by atoms with Gasteiger partial charge in [-0.25, -0.2) is 0 Å². The molecule has 0 saturated heterocycles. The molecule has 0 N–H and O–H groups in total. The van der Waals surface area contributed by atoms with Crippen molar-refractivity contribution in [2.24, 2.45) is 0 Å². The minimum atomic E-state index is -3.79. The quantitative estimate of drug-likeness (QED) is 0.210. The van der Waals surface area contributed by atoms with Crippen LogP contribution in [-0.2, 0) is 14.3 Å². The number of hydrogen-bond donors (Lipinski definition) is 0. The number of carbonyl (C=O) groups is 3. The van der Waals surface area contributed by atoms with E-state index in [-0.39, 0.29) is 40.0 Å². The average Bonchev–Trinajstić information content (AvgIpc) is 2.98. The number of fused-ring (bicyclic) bond motifs is 1. The van der Waals surface area contributed by atoms with Crippen LogP contribution in [0.5, 0.6) is 11.5 Å². The molecule has 0 fully saturated rings. The zero-order valence-corrected chi connectivity index (χ0v) is 17.4. The summed E-state index contributed by atoms with van der Waals surface area (Å²) in [5, 5.41) is 0. The Labute approximate surface area is 177 Å². The second-order valence-electron chi connectivity index (χ2n) is 7.13. The number of rotatable bonds is 7. The lowest BCUT2D eigenvalue weighted by atomic mass is 9.90. The first-order chi connectivity index (χ1) is 14.5. The monoisotopic (exact) mass is 430 g/mol. The third-order valence-corrected chi connectivity index (χ3v) is 4.70. The molecule has 3 rings (SSSR count). The van der Waals surface area contributed by atoms with Gasteiger partial charge in [-0.1, -0.05) is 12.1 Å². The largest absolute Gasteiger partial charge is 0.586 e. The molecule has 0 saturated carbocycles. The fourth-order valence-corrected chi connectivity index (χ4v) is 3.28. The molecule has 6 nitrogen and oxygen atoms in total. The van der Waals surface area contributed by atoms with Crippen LogP contribution in [0.4, 0.5) is 8.78 Å². The molecule has 0 unspecified atom stereocenters. The average molecular weight is 430 g/mol. The van der Waals surface area contributed by atoms with E-state index in [2.05, 4.69) is 9.47 Å². The number of benzene rings is 2. The van der Waals surface area contributed by atoms with E-state index in [1.165, 1.54) is 39.2 Å². The molecule has 0 aliphatic carbocycles. The Bertz CT molecular complexity index is 1120. The molecule has 0 atom stereocenters. The van der Waals surface area contributed by atoms with Crippen LogP contribution in [0.2, 0.25) is 0 Å². The summed E-state index contributed by atoms with van der Waals surface area (Å²) >= 11 is 0. The number of halogens is 2. The predicted molar refractivity (Wildman–Crippen MR) is 108 cm³/mol. The highest BCUT2D eigenvalue weighted by molar-refractivity contribution is 6.31. The van der Waals surface area contributed by atoms with Crippen LogP contribution in [0, 0.1) is 6.92 Å². The number of hydrogen-bond acceptors (Lipinski definition) is 6. The molecule has 0 bridgehead atoms. The zero-order valence-electron chi connectivity index (χ0n) is 17.4. The van der Waals surface area contributed by atoms with Crippen LogP contribution < -0.4 is 9.47 Å². The molecule has 0 spiro atoms. The molecule has 2 aromatic carbocycles. The Morgan fingerprint density at radius 2 is 1.61 bits per heavy atom. The van der Waals surface area contributed by atoms with Gasteiger partial charge in [-0.3, -0.25) is 14.4 Å². The van der Waals surface area contributed by atoms with Gasteiger partial charge >= 0.3 is 6.29 Å². The molecule has 0 radical (unpaired) electrons. The SMILES string of the molecule is CO/C(=C(\C(=O)CC(C)=O)c1cc(C(C)=O)ccc1C)c1ccc2c(c1)OC(F)(F)O2. The summed E-state index contributed by atoms with van der Waals surface area (Å²) in [7, 11) is 1.32. The highest BCUT2D eigenvalue weighted by Gasteiger charge is 2.43. The number of allylic oxidation sites excluding steroid dienone is 1. The number of ketones is 3. The summed E-state index contributed by atoms with van der Waals surface area (Å²) in [5.74, 6) is -1.42. The van der Waals surface area contributed by atoms with Gasteiger partial charge in [-0.2, -0.15) is 0 Å². The molecule has 2 aromatic rings. The number of alkyl halides is 2. The predicted octanol–water partition coefficient (Wildman–Crippen LogP) is 4.58. The Morgan fingerprint density at radius 3 is 2.23 bits per heavy atom. The van der Waals surface area contributed by atoms with Crippen molar-refractivity contribution in [2.45, 2.75) is 33.5 Å². The second-order valence-corrected chi connectivity index (χ2v) is 7.13. The minimum absolute atomic E-state index is 0.0525. The highest BCUT2D eigenvalue weighted by atomic mass is 19.3. The molecule has 8 heteroatoms. The number of ether oxygens (including phenoxy) is 3. The van der Waals surface area contributed by atoms with Crippen LogP contribution in [-0.4, -0.2) is 30.8 Å². The Kier molecular flexibility index (Phi) is 5.92. The molecule has 1 aliphatic rings. The molecular formula is C23H20F2O6. The topological polar surface area (TPSA) is 78.9 Å². The molecule has 1 heterocycles. The third-order valence-electron chi connectivity index (χ3n) is 4.70. The van der Waals surface area contributed by atoms with Crippen LogP contribution >= 0.6 is 0 Å². The zero-order chi connectivity index (χ0) is 22.9. The van der Waals surface area contributed by atoms with Gasteiger partial charge in [-0.15, -0.1) is 8.78 Å². The van der Waals surface area contributed by atoms with E-state index in [9.17, 15) is 23.2 Å². The van der Waals surface area contributed by atoms with E-state index in [1.807, 2.05) is 0 Å². The summed E-state index contributed by atoms with van der Waals surface area (Å²) in [5.41, 5.74) is 1.76. The van der Waals surface area contributed by atoms with E-state index < -0.39 is 18.5 Å². The van der Waals surface area contributed by atoms with Crippen molar-refractivity contribution in [3.05, 3.63) is 58.7 Å². The molecular weight excluding hydrogens is 410 g/mol. The smallest absolute Gasteiger partial charge is 0.495 e. The molecule has 0 aromatic heterocycles. The Morgan fingerprint density at radius 1 is 0.968 bits per heavy atom. The summed E-state index contributed by atoms with van der Waals surface area (Å²) < 4.78 is 41.2. The number of methoxy groups -OCH3 is 1. The van der Waals surface area contributed by atoms with Crippen LogP contribution in [0.1, 0.15) is 47.3 Å². The van der Waals surface area contributed by atoms with Crippen LogP contribution in [0.25, 0.3) is 11.3 Å². The summed E-state index contributed by atoms with van der Waals surface area (Å²) in [6.07, 6.45) is -4.19. The van der Waals surface area contributed by atoms with Gasteiger partial charge in [0.1, 0.15) is 11.5 Å². The number of aryl methyl sites for hydroxylation is 1. The molecule has 1 aliphatic heterocycles. The van der Waals surface area contributed by atoms with Gasteiger partial charge in [0, 0.05) is 11.1 Å². The lowest BCUT2D eigenvalue weighted by Gasteiger charge is -2.17. The van der Waals surface area contributed by atoms with Crippen molar-refractivity contribution in [1.29, 1.82) is 0 Å². The fourth-order valence-electron chi connectivity index (χ4n) is 3.28.